The second-order valence-corrected chi connectivity index (χ2v) is 8.06. The molecule has 4 aromatic carbocycles. The fourth-order valence-corrected chi connectivity index (χ4v) is 3.81. The molecule has 36 heavy (non-hydrogen) atoms. The Bertz CT molecular complexity index is 1690. The summed E-state index contributed by atoms with van der Waals surface area (Å²) in [6, 6.07) is 22.2. The van der Waals surface area contributed by atoms with Crippen molar-refractivity contribution in [2.45, 2.75) is 13.1 Å². The quantitative estimate of drug-likeness (QED) is 0.196. The maximum Gasteiger partial charge on any atom is 0.453 e. The lowest BCUT2D eigenvalue weighted by Crippen LogP contribution is -2.15. The Labute approximate surface area is 202 Å². The van der Waals surface area contributed by atoms with Crippen LogP contribution in [0.3, 0.4) is 0 Å². The molecule has 0 amide bonds. The highest BCUT2D eigenvalue weighted by atomic mass is 19.4. The minimum absolute atomic E-state index is 0.0506. The molecule has 0 spiro atoms. The van der Waals surface area contributed by atoms with Crippen LogP contribution in [0, 0.1) is 6.92 Å². The van der Waals surface area contributed by atoms with Crippen LogP contribution in [0.25, 0.3) is 21.7 Å². The molecular weight excluding hydrogens is 473 g/mol. The fourth-order valence-electron chi connectivity index (χ4n) is 3.81. The largest absolute Gasteiger partial charge is 0.453 e. The number of ether oxygens (including phenoxy) is 2. The van der Waals surface area contributed by atoms with Crippen molar-refractivity contribution in [1.29, 1.82) is 0 Å². The zero-order valence-corrected chi connectivity index (χ0v) is 18.8. The Morgan fingerprint density at radius 1 is 0.833 bits per heavy atom. The van der Waals surface area contributed by atoms with Gasteiger partial charge in [-0.1, -0.05) is 48.5 Å². The zero-order valence-electron chi connectivity index (χ0n) is 18.8. The van der Waals surface area contributed by atoms with Crippen LogP contribution in [0.2, 0.25) is 0 Å². The van der Waals surface area contributed by atoms with Crippen LogP contribution in [0.1, 0.15) is 21.7 Å². The number of carbonyl (C=O) groups is 1. The third kappa shape index (κ3) is 4.40. The lowest BCUT2D eigenvalue weighted by Gasteiger charge is -2.14. The first-order valence-corrected chi connectivity index (χ1v) is 10.8. The van der Waals surface area contributed by atoms with Gasteiger partial charge in [0.25, 0.3) is 5.76 Å². The Kier molecular flexibility index (Phi) is 5.72. The summed E-state index contributed by atoms with van der Waals surface area (Å²) in [7, 11) is 0. The van der Waals surface area contributed by atoms with Crippen molar-refractivity contribution in [3.63, 3.8) is 0 Å². The number of aryl methyl sites for hydroxylation is 1. The summed E-state index contributed by atoms with van der Waals surface area (Å²) in [6.07, 6.45) is -5.02. The molecule has 0 bridgehead atoms. The number of rotatable bonds is 4. The van der Waals surface area contributed by atoms with Gasteiger partial charge in [0, 0.05) is 6.07 Å². The van der Waals surface area contributed by atoms with Crippen molar-refractivity contribution in [2.24, 2.45) is 0 Å². The molecule has 5 nitrogen and oxygen atoms in total. The summed E-state index contributed by atoms with van der Waals surface area (Å²) in [4.78, 5) is 25.6. The number of fused-ring (bicyclic) bond motifs is 2. The van der Waals surface area contributed by atoms with Crippen LogP contribution in [0.5, 0.6) is 17.2 Å². The number of halogens is 3. The predicted octanol–water partition coefficient (Wildman–Crippen LogP) is 7.28. The van der Waals surface area contributed by atoms with E-state index in [0.29, 0.717) is 11.1 Å². The van der Waals surface area contributed by atoms with Crippen LogP contribution in [0.15, 0.2) is 94.1 Å². The van der Waals surface area contributed by atoms with Crippen molar-refractivity contribution in [1.82, 2.24) is 0 Å². The van der Waals surface area contributed by atoms with Gasteiger partial charge in [-0.25, -0.2) is 4.79 Å². The Hall–Kier alpha value is -4.59. The number of esters is 1. The standard InChI is InChI=1S/C28H17F3O5/c1-16-6-2-5-9-21(16)27(33)35-20-12-13-22-23(15-20)36-26(28(29,30)31)25(24(22)32)34-19-11-10-17-7-3-4-8-18(17)14-19/h2-15H,1H3. The summed E-state index contributed by atoms with van der Waals surface area (Å²) in [5.74, 6) is -3.28. The smallest absolute Gasteiger partial charge is 0.449 e. The highest BCUT2D eigenvalue weighted by Gasteiger charge is 2.40. The van der Waals surface area contributed by atoms with Gasteiger partial charge in [0.1, 0.15) is 17.1 Å². The lowest BCUT2D eigenvalue weighted by atomic mass is 10.1. The number of alkyl halides is 3. The van der Waals surface area contributed by atoms with Gasteiger partial charge in [-0.15, -0.1) is 0 Å². The van der Waals surface area contributed by atoms with Gasteiger partial charge in [-0.3, -0.25) is 4.79 Å². The molecule has 1 heterocycles. The van der Waals surface area contributed by atoms with E-state index in [1.54, 1.807) is 49.4 Å². The molecule has 0 unspecified atom stereocenters. The van der Waals surface area contributed by atoms with Crippen LogP contribution in [0.4, 0.5) is 13.2 Å². The summed E-state index contributed by atoms with van der Waals surface area (Å²) in [6.45, 7) is 1.72. The molecular formula is C28H17F3O5. The monoisotopic (exact) mass is 490 g/mol. The maximum absolute atomic E-state index is 13.9. The van der Waals surface area contributed by atoms with Crippen LogP contribution in [-0.2, 0) is 6.18 Å². The van der Waals surface area contributed by atoms with E-state index in [9.17, 15) is 22.8 Å². The van der Waals surface area contributed by atoms with Crippen LogP contribution >= 0.6 is 0 Å². The molecule has 0 fully saturated rings. The normalized spacial score (nSPS) is 11.6. The van der Waals surface area contributed by atoms with Crippen molar-refractivity contribution in [2.75, 3.05) is 0 Å². The van der Waals surface area contributed by atoms with E-state index in [-0.39, 0.29) is 16.9 Å². The molecule has 5 aromatic rings. The van der Waals surface area contributed by atoms with Gasteiger partial charge in [-0.05, 0) is 53.6 Å². The van der Waals surface area contributed by atoms with E-state index < -0.39 is 34.7 Å². The number of hydrogen-bond donors (Lipinski definition) is 0. The summed E-state index contributed by atoms with van der Waals surface area (Å²) < 4.78 is 57.5. The summed E-state index contributed by atoms with van der Waals surface area (Å²) in [5, 5.41) is 1.43. The van der Waals surface area contributed by atoms with Crippen molar-refractivity contribution in [3.8, 4) is 17.2 Å². The predicted molar refractivity (Wildman–Crippen MR) is 128 cm³/mol. The minimum atomic E-state index is -5.02. The van der Waals surface area contributed by atoms with Crippen LogP contribution < -0.4 is 14.9 Å². The molecule has 1 aromatic heterocycles. The van der Waals surface area contributed by atoms with Crippen molar-refractivity contribution >= 4 is 27.7 Å². The van der Waals surface area contributed by atoms with Gasteiger partial charge in [0.2, 0.25) is 11.2 Å². The number of hydrogen-bond acceptors (Lipinski definition) is 5. The van der Waals surface area contributed by atoms with E-state index >= 15 is 0 Å². The Morgan fingerprint density at radius 3 is 2.28 bits per heavy atom. The maximum atomic E-state index is 13.9. The van der Waals surface area contributed by atoms with E-state index in [4.69, 9.17) is 13.9 Å². The van der Waals surface area contributed by atoms with Gasteiger partial charge in [0.05, 0.1) is 10.9 Å². The number of benzene rings is 4. The van der Waals surface area contributed by atoms with Crippen molar-refractivity contribution < 1.29 is 31.9 Å². The molecule has 0 saturated heterocycles. The van der Waals surface area contributed by atoms with Crippen molar-refractivity contribution in [3.05, 3.63) is 112 Å². The molecule has 5 rings (SSSR count). The third-order valence-corrected chi connectivity index (χ3v) is 5.60. The molecule has 0 aliphatic rings. The summed E-state index contributed by atoms with van der Waals surface area (Å²) >= 11 is 0. The fraction of sp³-hybridized carbons (Fsp3) is 0.0714. The number of carbonyl (C=O) groups excluding carboxylic acids is 1. The molecule has 0 aliphatic carbocycles. The SMILES string of the molecule is Cc1ccccc1C(=O)Oc1ccc2c(=O)c(Oc3ccc4ccccc4c3)c(C(F)(F)F)oc2c1. The second kappa shape index (κ2) is 8.88. The zero-order chi connectivity index (χ0) is 25.4. The average Bonchev–Trinajstić information content (AvgIpc) is 2.85. The molecule has 180 valence electrons. The van der Waals surface area contributed by atoms with Gasteiger partial charge in [0.15, 0.2) is 0 Å². The first-order valence-electron chi connectivity index (χ1n) is 10.8. The third-order valence-electron chi connectivity index (χ3n) is 5.60. The van der Waals surface area contributed by atoms with E-state index in [0.717, 1.165) is 16.8 Å². The highest BCUT2D eigenvalue weighted by Crippen LogP contribution is 2.39. The Morgan fingerprint density at radius 2 is 1.53 bits per heavy atom. The minimum Gasteiger partial charge on any atom is -0.449 e. The van der Waals surface area contributed by atoms with E-state index in [2.05, 4.69) is 0 Å². The lowest BCUT2D eigenvalue weighted by molar-refractivity contribution is -0.154. The molecule has 0 aliphatic heterocycles. The first-order chi connectivity index (χ1) is 17.2. The highest BCUT2D eigenvalue weighted by molar-refractivity contribution is 5.93. The molecule has 0 saturated carbocycles. The molecule has 0 N–H and O–H groups in total. The molecule has 0 atom stereocenters. The molecule has 0 radical (unpaired) electrons. The first kappa shape index (κ1) is 23.2. The summed E-state index contributed by atoms with van der Waals surface area (Å²) in [5.41, 5.74) is -0.430. The molecule has 8 heteroatoms. The van der Waals surface area contributed by atoms with Gasteiger partial charge < -0.3 is 13.9 Å². The average molecular weight is 490 g/mol. The van der Waals surface area contributed by atoms with E-state index in [1.165, 1.54) is 24.3 Å². The Balaban J connectivity index is 1.56. The van der Waals surface area contributed by atoms with Gasteiger partial charge in [-0.2, -0.15) is 13.2 Å². The van der Waals surface area contributed by atoms with Gasteiger partial charge >= 0.3 is 12.1 Å². The van der Waals surface area contributed by atoms with E-state index in [1.807, 2.05) is 12.1 Å². The topological polar surface area (TPSA) is 65.7 Å². The second-order valence-electron chi connectivity index (χ2n) is 8.06. The van der Waals surface area contributed by atoms with Crippen LogP contribution in [-0.4, -0.2) is 5.97 Å².